The molecule has 0 saturated heterocycles. The number of nitrogen functional groups attached to an aromatic ring is 1. The molecule has 3 N–H and O–H groups in total. The van der Waals surface area contributed by atoms with E-state index in [-0.39, 0.29) is 0 Å². The first-order valence-electron chi connectivity index (χ1n) is 8.15. The van der Waals surface area contributed by atoms with Gasteiger partial charge in [0.2, 0.25) is 0 Å². The molecule has 0 atom stereocenters. The van der Waals surface area contributed by atoms with Gasteiger partial charge in [-0.3, -0.25) is 0 Å². The molecule has 0 aliphatic carbocycles. The Morgan fingerprint density at radius 2 is 2.12 bits per heavy atom. The maximum absolute atomic E-state index is 5.96. The zero-order valence-corrected chi connectivity index (χ0v) is 14.6. The zero-order valence-electron chi connectivity index (χ0n) is 14.6. The van der Waals surface area contributed by atoms with Crippen molar-refractivity contribution in [1.82, 2.24) is 9.97 Å². The first-order chi connectivity index (χ1) is 12.1. The number of nitrogens with one attached hydrogen (secondary N) is 1. The summed E-state index contributed by atoms with van der Waals surface area (Å²) in [7, 11) is 1.65. The topological polar surface area (TPSA) is 86.2 Å². The zero-order chi connectivity index (χ0) is 17.8. The lowest BCUT2D eigenvalue weighted by molar-refractivity contribution is 0.416. The molecule has 0 fully saturated rings. The van der Waals surface area contributed by atoms with Gasteiger partial charge in [0.15, 0.2) is 11.6 Å². The van der Waals surface area contributed by atoms with Gasteiger partial charge in [-0.2, -0.15) is 0 Å². The number of anilines is 2. The van der Waals surface area contributed by atoms with Gasteiger partial charge in [0.05, 0.1) is 31.8 Å². The fourth-order valence-electron chi connectivity index (χ4n) is 2.53. The van der Waals surface area contributed by atoms with E-state index in [2.05, 4.69) is 41.3 Å². The summed E-state index contributed by atoms with van der Waals surface area (Å²) in [4.78, 5) is 8.90. The van der Waals surface area contributed by atoms with Gasteiger partial charge >= 0.3 is 0 Å². The molecule has 3 rings (SSSR count). The molecule has 6 heteroatoms. The highest BCUT2D eigenvalue weighted by Crippen LogP contribution is 2.32. The molecule has 3 aromatic rings. The van der Waals surface area contributed by atoms with Crippen LogP contribution in [0.4, 0.5) is 11.6 Å². The van der Waals surface area contributed by atoms with Gasteiger partial charge in [-0.05, 0) is 35.7 Å². The predicted molar refractivity (Wildman–Crippen MR) is 98.6 cm³/mol. The van der Waals surface area contributed by atoms with E-state index in [0.29, 0.717) is 29.8 Å². The smallest absolute Gasteiger partial charge is 0.169 e. The average Bonchev–Trinajstić information content (AvgIpc) is 3.14. The van der Waals surface area contributed by atoms with Crippen LogP contribution in [0.2, 0.25) is 0 Å². The number of hydrogen-bond acceptors (Lipinski definition) is 6. The second-order valence-corrected chi connectivity index (χ2v) is 6.04. The van der Waals surface area contributed by atoms with Crippen LogP contribution in [0.25, 0.3) is 11.3 Å². The van der Waals surface area contributed by atoms with Crippen molar-refractivity contribution in [1.29, 1.82) is 0 Å². The molecule has 0 radical (unpaired) electrons. The highest BCUT2D eigenvalue weighted by Gasteiger charge is 2.13. The summed E-state index contributed by atoms with van der Waals surface area (Å²) < 4.78 is 10.8. The molecule has 0 spiro atoms. The Kier molecular flexibility index (Phi) is 4.88. The van der Waals surface area contributed by atoms with Crippen LogP contribution in [-0.4, -0.2) is 17.1 Å². The third-order valence-corrected chi connectivity index (χ3v) is 3.98. The third kappa shape index (κ3) is 3.74. The minimum Gasteiger partial charge on any atom is -0.496 e. The Balaban J connectivity index is 1.94. The molecule has 0 aliphatic heterocycles. The molecule has 130 valence electrons. The van der Waals surface area contributed by atoms with E-state index < -0.39 is 0 Å². The van der Waals surface area contributed by atoms with Gasteiger partial charge in [-0.1, -0.05) is 19.9 Å². The summed E-state index contributed by atoms with van der Waals surface area (Å²) in [6.07, 6.45) is 3.29. The first-order valence-corrected chi connectivity index (χ1v) is 8.15. The van der Waals surface area contributed by atoms with E-state index in [0.717, 1.165) is 17.1 Å². The van der Waals surface area contributed by atoms with Crippen LogP contribution in [-0.2, 0) is 6.54 Å². The average molecular weight is 338 g/mol. The quantitative estimate of drug-likeness (QED) is 0.705. The van der Waals surface area contributed by atoms with Crippen LogP contribution in [0.1, 0.15) is 31.1 Å². The van der Waals surface area contributed by atoms with Crippen molar-refractivity contribution >= 4 is 11.6 Å². The number of benzene rings is 1. The van der Waals surface area contributed by atoms with E-state index in [1.165, 1.54) is 5.56 Å². The van der Waals surface area contributed by atoms with Crippen LogP contribution in [0.3, 0.4) is 0 Å². The number of methoxy groups -OCH3 is 1. The molecule has 0 aliphatic rings. The summed E-state index contributed by atoms with van der Waals surface area (Å²) in [5.41, 5.74) is 8.76. The Bertz CT molecular complexity index is 845. The summed E-state index contributed by atoms with van der Waals surface area (Å²) >= 11 is 0. The van der Waals surface area contributed by atoms with Crippen molar-refractivity contribution in [3.63, 3.8) is 0 Å². The molecular formula is C19H22N4O2. The number of nitrogens with two attached hydrogens (primary N) is 1. The molecule has 25 heavy (non-hydrogen) atoms. The van der Waals surface area contributed by atoms with E-state index in [9.17, 15) is 0 Å². The second kappa shape index (κ2) is 7.25. The fraction of sp³-hybridized carbons (Fsp3) is 0.263. The van der Waals surface area contributed by atoms with Crippen LogP contribution < -0.4 is 15.8 Å². The van der Waals surface area contributed by atoms with Crippen molar-refractivity contribution in [2.24, 2.45) is 0 Å². The van der Waals surface area contributed by atoms with Crippen molar-refractivity contribution in [2.45, 2.75) is 26.3 Å². The lowest BCUT2D eigenvalue weighted by Crippen LogP contribution is -2.06. The number of hydrogen-bond donors (Lipinski definition) is 2. The molecule has 0 bridgehead atoms. The number of furan rings is 1. The lowest BCUT2D eigenvalue weighted by atomic mass is 9.99. The van der Waals surface area contributed by atoms with Gasteiger partial charge in [0.25, 0.3) is 0 Å². The van der Waals surface area contributed by atoms with Crippen molar-refractivity contribution in [2.75, 3.05) is 18.2 Å². The van der Waals surface area contributed by atoms with Gasteiger partial charge in [0.1, 0.15) is 11.5 Å². The minimum absolute atomic E-state index is 0.342. The molecule has 1 aromatic carbocycles. The van der Waals surface area contributed by atoms with E-state index in [4.69, 9.17) is 14.9 Å². The predicted octanol–water partition coefficient (Wildman–Crippen LogP) is 4.06. The standard InChI is InChI=1S/C19H22N4O2/c1-12(2)13-6-7-17(24-3)15(9-13)16-11-21-18(20)19(23-16)22-10-14-5-4-8-25-14/h4-9,11-12H,10H2,1-3H3,(H2,20,21)(H,22,23). The van der Waals surface area contributed by atoms with Crippen molar-refractivity contribution in [3.05, 3.63) is 54.1 Å². The van der Waals surface area contributed by atoms with Crippen molar-refractivity contribution < 1.29 is 9.15 Å². The molecule has 2 heterocycles. The van der Waals surface area contributed by atoms with Crippen LogP contribution in [0.15, 0.2) is 47.2 Å². The van der Waals surface area contributed by atoms with Gasteiger partial charge in [0, 0.05) is 5.56 Å². The number of ether oxygens (including phenoxy) is 1. The van der Waals surface area contributed by atoms with Crippen LogP contribution >= 0.6 is 0 Å². The van der Waals surface area contributed by atoms with Gasteiger partial charge < -0.3 is 20.2 Å². The molecule has 6 nitrogen and oxygen atoms in total. The lowest BCUT2D eigenvalue weighted by Gasteiger charge is -2.14. The van der Waals surface area contributed by atoms with Crippen LogP contribution in [0, 0.1) is 0 Å². The normalized spacial score (nSPS) is 10.9. The summed E-state index contributed by atoms with van der Waals surface area (Å²) in [6.45, 7) is 4.78. The van der Waals surface area contributed by atoms with Crippen molar-refractivity contribution in [3.8, 4) is 17.0 Å². The van der Waals surface area contributed by atoms with Crippen LogP contribution in [0.5, 0.6) is 5.75 Å². The highest BCUT2D eigenvalue weighted by atomic mass is 16.5. The number of nitrogens with zero attached hydrogens (tertiary/aromatic N) is 2. The van der Waals surface area contributed by atoms with E-state index in [1.807, 2.05) is 18.2 Å². The summed E-state index contributed by atoms with van der Waals surface area (Å²) in [5.74, 6) is 2.81. The molecule has 0 saturated carbocycles. The third-order valence-electron chi connectivity index (χ3n) is 3.98. The molecular weight excluding hydrogens is 316 g/mol. The van der Waals surface area contributed by atoms with E-state index >= 15 is 0 Å². The van der Waals surface area contributed by atoms with Gasteiger partial charge in [-0.15, -0.1) is 0 Å². The summed E-state index contributed by atoms with van der Waals surface area (Å²) in [6, 6.07) is 9.83. The maximum Gasteiger partial charge on any atom is 0.169 e. The highest BCUT2D eigenvalue weighted by molar-refractivity contribution is 5.71. The Labute approximate surface area is 147 Å². The minimum atomic E-state index is 0.342. The second-order valence-electron chi connectivity index (χ2n) is 6.04. The largest absolute Gasteiger partial charge is 0.496 e. The first kappa shape index (κ1) is 16.8. The maximum atomic E-state index is 5.96. The monoisotopic (exact) mass is 338 g/mol. The Morgan fingerprint density at radius 3 is 2.80 bits per heavy atom. The fourth-order valence-corrected chi connectivity index (χ4v) is 2.53. The Morgan fingerprint density at radius 1 is 1.28 bits per heavy atom. The number of aromatic nitrogens is 2. The molecule has 2 aromatic heterocycles. The number of rotatable bonds is 6. The van der Waals surface area contributed by atoms with E-state index in [1.54, 1.807) is 19.6 Å². The Hall–Kier alpha value is -3.02. The van der Waals surface area contributed by atoms with Gasteiger partial charge in [-0.25, -0.2) is 9.97 Å². The molecule has 0 amide bonds. The SMILES string of the molecule is COc1ccc(C(C)C)cc1-c1cnc(N)c(NCc2ccco2)n1. The summed E-state index contributed by atoms with van der Waals surface area (Å²) in [5, 5.41) is 3.17. The molecule has 0 unspecified atom stereocenters.